The van der Waals surface area contributed by atoms with Crippen molar-refractivity contribution in [3.05, 3.63) is 12.4 Å². The van der Waals surface area contributed by atoms with Gasteiger partial charge in [-0.3, -0.25) is 0 Å². The van der Waals surface area contributed by atoms with E-state index in [1.165, 1.54) is 19.3 Å². The highest BCUT2D eigenvalue weighted by Gasteiger charge is 2.29. The largest absolute Gasteiger partial charge is 0.384 e. The van der Waals surface area contributed by atoms with Crippen molar-refractivity contribution < 1.29 is 0 Å². The first-order valence-corrected chi connectivity index (χ1v) is 6.01. The minimum absolute atomic E-state index is 0.556. The summed E-state index contributed by atoms with van der Waals surface area (Å²) in [6, 6.07) is 2.55. The average Bonchev–Trinajstić information content (AvgIpc) is 3.02. The van der Waals surface area contributed by atoms with E-state index in [9.17, 15) is 0 Å². The van der Waals surface area contributed by atoms with Crippen molar-refractivity contribution in [3.63, 3.8) is 0 Å². The van der Waals surface area contributed by atoms with Crippen molar-refractivity contribution in [2.24, 2.45) is 5.92 Å². The molecule has 1 aromatic rings. The molecule has 0 bridgehead atoms. The normalized spacial score (nSPS) is 15.4. The van der Waals surface area contributed by atoms with E-state index in [1.807, 2.05) is 6.07 Å². The Kier molecular flexibility index (Phi) is 3.27. The fraction of sp³-hybridized carbons (Fsp3) is 0.667. The summed E-state index contributed by atoms with van der Waals surface area (Å²) >= 11 is 0. The van der Waals surface area contributed by atoms with Crippen molar-refractivity contribution in [1.29, 1.82) is 0 Å². The molecule has 1 aliphatic rings. The lowest BCUT2D eigenvalue weighted by Gasteiger charge is -2.24. The summed E-state index contributed by atoms with van der Waals surface area (Å²) in [5.74, 6) is 2.26. The summed E-state index contributed by atoms with van der Waals surface area (Å²) in [6.45, 7) is 5.57. The molecule has 0 radical (unpaired) electrons. The summed E-state index contributed by atoms with van der Waals surface area (Å²) in [6.07, 6.45) is 5.31. The Balaban J connectivity index is 2.06. The van der Waals surface area contributed by atoms with Crippen molar-refractivity contribution in [3.8, 4) is 0 Å². The number of hydrogen-bond acceptors (Lipinski definition) is 4. The number of aromatic nitrogens is 2. The van der Waals surface area contributed by atoms with Crippen LogP contribution in [0.5, 0.6) is 0 Å². The summed E-state index contributed by atoms with van der Waals surface area (Å²) in [7, 11) is 0. The summed E-state index contributed by atoms with van der Waals surface area (Å²) in [5, 5.41) is 0. The van der Waals surface area contributed by atoms with Crippen LogP contribution in [0.4, 0.5) is 11.6 Å². The molecule has 1 aromatic heterocycles. The van der Waals surface area contributed by atoms with Gasteiger partial charge in [-0.05, 0) is 25.2 Å². The van der Waals surface area contributed by atoms with E-state index in [-0.39, 0.29) is 0 Å². The van der Waals surface area contributed by atoms with Gasteiger partial charge in [0.05, 0.1) is 0 Å². The highest BCUT2D eigenvalue weighted by atomic mass is 15.2. The molecular weight excluding hydrogens is 200 g/mol. The van der Waals surface area contributed by atoms with Crippen LogP contribution in [0.2, 0.25) is 0 Å². The lowest BCUT2D eigenvalue weighted by Crippen LogP contribution is -2.28. The van der Waals surface area contributed by atoms with E-state index in [2.05, 4.69) is 28.7 Å². The van der Waals surface area contributed by atoms with Crippen LogP contribution in [0.15, 0.2) is 12.4 Å². The third-order valence-electron chi connectivity index (χ3n) is 2.90. The zero-order chi connectivity index (χ0) is 11.5. The van der Waals surface area contributed by atoms with Gasteiger partial charge in [0.15, 0.2) is 0 Å². The van der Waals surface area contributed by atoms with Gasteiger partial charge in [0.2, 0.25) is 0 Å². The highest BCUT2D eigenvalue weighted by molar-refractivity contribution is 5.47. The van der Waals surface area contributed by atoms with Gasteiger partial charge in [0, 0.05) is 18.7 Å². The molecule has 2 rings (SSSR count). The summed E-state index contributed by atoms with van der Waals surface area (Å²) in [4.78, 5) is 10.6. The molecule has 0 amide bonds. The van der Waals surface area contributed by atoms with Crippen molar-refractivity contribution >= 4 is 11.6 Å². The second kappa shape index (κ2) is 4.68. The van der Waals surface area contributed by atoms with Crippen molar-refractivity contribution in [2.45, 2.75) is 39.2 Å². The van der Waals surface area contributed by atoms with Crippen LogP contribution in [0, 0.1) is 5.92 Å². The molecule has 0 atom stereocenters. The molecule has 4 nitrogen and oxygen atoms in total. The molecule has 1 fully saturated rings. The van der Waals surface area contributed by atoms with Gasteiger partial charge in [-0.1, -0.05) is 13.8 Å². The van der Waals surface area contributed by atoms with Gasteiger partial charge in [-0.2, -0.15) is 0 Å². The molecule has 88 valence electrons. The van der Waals surface area contributed by atoms with Gasteiger partial charge >= 0.3 is 0 Å². The molecule has 0 spiro atoms. The van der Waals surface area contributed by atoms with Gasteiger partial charge in [-0.25, -0.2) is 9.97 Å². The predicted octanol–water partition coefficient (Wildman–Crippen LogP) is 2.07. The molecule has 2 N–H and O–H groups in total. The van der Waals surface area contributed by atoms with Gasteiger partial charge in [-0.15, -0.1) is 0 Å². The second-order valence-electron chi connectivity index (χ2n) is 4.91. The average molecular weight is 220 g/mol. The second-order valence-corrected chi connectivity index (χ2v) is 4.91. The van der Waals surface area contributed by atoms with Gasteiger partial charge in [0.25, 0.3) is 0 Å². The number of nitrogen functional groups attached to an aromatic ring is 1. The number of anilines is 2. The molecule has 0 unspecified atom stereocenters. The smallest absolute Gasteiger partial charge is 0.134 e. The predicted molar refractivity (Wildman–Crippen MR) is 66.3 cm³/mol. The topological polar surface area (TPSA) is 55.0 Å². The van der Waals surface area contributed by atoms with E-state index < -0.39 is 0 Å². The molecule has 1 saturated carbocycles. The first-order valence-electron chi connectivity index (χ1n) is 6.01. The minimum Gasteiger partial charge on any atom is -0.384 e. The van der Waals surface area contributed by atoms with Crippen LogP contribution in [-0.2, 0) is 0 Å². The van der Waals surface area contributed by atoms with Crippen molar-refractivity contribution in [2.75, 3.05) is 17.2 Å². The molecule has 1 aliphatic carbocycles. The number of hydrogen-bond donors (Lipinski definition) is 1. The van der Waals surface area contributed by atoms with Crippen LogP contribution >= 0.6 is 0 Å². The fourth-order valence-electron chi connectivity index (χ4n) is 1.79. The third kappa shape index (κ3) is 2.84. The summed E-state index contributed by atoms with van der Waals surface area (Å²) < 4.78 is 0. The monoisotopic (exact) mass is 220 g/mol. The fourth-order valence-corrected chi connectivity index (χ4v) is 1.79. The lowest BCUT2D eigenvalue weighted by molar-refractivity contribution is 0.568. The molecule has 1 heterocycles. The van der Waals surface area contributed by atoms with Crippen LogP contribution in [0.1, 0.15) is 33.1 Å². The zero-order valence-electron chi connectivity index (χ0n) is 10.1. The lowest BCUT2D eigenvalue weighted by atomic mass is 10.1. The van der Waals surface area contributed by atoms with Crippen LogP contribution in [0.25, 0.3) is 0 Å². The van der Waals surface area contributed by atoms with E-state index >= 15 is 0 Å². The number of rotatable bonds is 5. The van der Waals surface area contributed by atoms with Gasteiger partial charge in [0.1, 0.15) is 18.0 Å². The Morgan fingerprint density at radius 3 is 2.75 bits per heavy atom. The Morgan fingerprint density at radius 1 is 1.44 bits per heavy atom. The maximum Gasteiger partial charge on any atom is 0.134 e. The standard InChI is InChI=1S/C12H20N4/c1-9(2)5-6-16(10-3-4-10)12-7-11(13)14-8-15-12/h7-10H,3-6H2,1-2H3,(H2,13,14,15). The molecule has 0 aromatic carbocycles. The van der Waals surface area contributed by atoms with Crippen LogP contribution < -0.4 is 10.6 Å². The quantitative estimate of drug-likeness (QED) is 0.825. The van der Waals surface area contributed by atoms with E-state index in [4.69, 9.17) is 5.73 Å². The molecule has 16 heavy (non-hydrogen) atoms. The summed E-state index contributed by atoms with van der Waals surface area (Å²) in [5.41, 5.74) is 5.70. The molecule has 0 aliphatic heterocycles. The Labute approximate surface area is 96.9 Å². The number of nitrogens with zero attached hydrogens (tertiary/aromatic N) is 3. The number of nitrogens with two attached hydrogens (primary N) is 1. The zero-order valence-corrected chi connectivity index (χ0v) is 10.1. The molecule has 0 saturated heterocycles. The SMILES string of the molecule is CC(C)CCN(c1cc(N)ncn1)C1CC1. The van der Waals surface area contributed by atoms with E-state index in [0.29, 0.717) is 11.9 Å². The molecule has 4 heteroatoms. The van der Waals surface area contributed by atoms with E-state index in [0.717, 1.165) is 18.3 Å². The third-order valence-corrected chi connectivity index (χ3v) is 2.90. The van der Waals surface area contributed by atoms with Crippen molar-refractivity contribution in [1.82, 2.24) is 9.97 Å². The molecular formula is C12H20N4. The maximum absolute atomic E-state index is 5.70. The first kappa shape index (κ1) is 11.2. The van der Waals surface area contributed by atoms with Crippen LogP contribution in [-0.4, -0.2) is 22.6 Å². The van der Waals surface area contributed by atoms with E-state index in [1.54, 1.807) is 6.33 Å². The van der Waals surface area contributed by atoms with Gasteiger partial charge < -0.3 is 10.6 Å². The Hall–Kier alpha value is -1.32. The first-order chi connectivity index (χ1) is 7.66. The highest BCUT2D eigenvalue weighted by Crippen LogP contribution is 2.31. The Bertz CT molecular complexity index is 347. The maximum atomic E-state index is 5.70. The van der Waals surface area contributed by atoms with Crippen LogP contribution in [0.3, 0.4) is 0 Å². The minimum atomic E-state index is 0.556. The Morgan fingerprint density at radius 2 is 2.19 bits per heavy atom.